The lowest BCUT2D eigenvalue weighted by molar-refractivity contribution is 0.183. The van der Waals surface area contributed by atoms with Gasteiger partial charge >= 0.3 is 0 Å². The van der Waals surface area contributed by atoms with Crippen LogP contribution in [0.15, 0.2) is 10.7 Å². The van der Waals surface area contributed by atoms with Crippen molar-refractivity contribution in [3.05, 3.63) is 10.7 Å². The average Bonchev–Trinajstić information content (AvgIpc) is 2.27. The van der Waals surface area contributed by atoms with Gasteiger partial charge in [0.15, 0.2) is 0 Å². The molecule has 1 aromatic rings. The van der Waals surface area contributed by atoms with Crippen molar-refractivity contribution in [2.75, 3.05) is 24.2 Å². The Morgan fingerprint density at radius 3 is 2.93 bits per heavy atom. The van der Waals surface area contributed by atoms with Crippen molar-refractivity contribution < 1.29 is 5.11 Å². The normalized spacial score (nSPS) is 12.3. The predicted molar refractivity (Wildman–Crippen MR) is 64.1 cm³/mol. The zero-order valence-corrected chi connectivity index (χ0v) is 10.4. The van der Waals surface area contributed by atoms with Crippen LogP contribution in [0.5, 0.6) is 0 Å². The minimum Gasteiger partial charge on any atom is -0.391 e. The van der Waals surface area contributed by atoms with Crippen LogP contribution in [-0.4, -0.2) is 34.8 Å². The molecule has 0 aromatic carbocycles. The number of aliphatic hydroxyl groups excluding tert-OH is 1. The van der Waals surface area contributed by atoms with Crippen molar-refractivity contribution in [1.82, 2.24) is 9.97 Å². The molecule has 0 radical (unpaired) electrons. The minimum atomic E-state index is -0.357. The van der Waals surface area contributed by atoms with E-state index in [2.05, 4.69) is 36.5 Å². The molecule has 0 saturated heterocycles. The van der Waals surface area contributed by atoms with Gasteiger partial charge < -0.3 is 15.7 Å². The molecule has 1 atom stereocenters. The number of anilines is 2. The van der Waals surface area contributed by atoms with Crippen LogP contribution in [-0.2, 0) is 0 Å². The third-order valence-electron chi connectivity index (χ3n) is 1.94. The molecule has 3 N–H and O–H groups in total. The summed E-state index contributed by atoms with van der Waals surface area (Å²) in [7, 11) is 1.76. The first kappa shape index (κ1) is 12.2. The molecule has 0 bridgehead atoms. The fourth-order valence-electron chi connectivity index (χ4n) is 0.970. The summed E-state index contributed by atoms with van der Waals surface area (Å²) >= 11 is 3.33. The first-order chi connectivity index (χ1) is 7.17. The Hall–Kier alpha value is -0.880. The van der Waals surface area contributed by atoms with Crippen molar-refractivity contribution in [3.63, 3.8) is 0 Å². The maximum absolute atomic E-state index is 9.40. The summed E-state index contributed by atoms with van der Waals surface area (Å²) in [4.78, 5) is 8.24. The van der Waals surface area contributed by atoms with Gasteiger partial charge in [-0.3, -0.25) is 0 Å². The number of nitrogens with zero attached hydrogens (tertiary/aromatic N) is 2. The highest BCUT2D eigenvalue weighted by Crippen LogP contribution is 2.19. The van der Waals surface area contributed by atoms with Crippen LogP contribution in [0.25, 0.3) is 0 Å². The highest BCUT2D eigenvalue weighted by Gasteiger charge is 2.06. The van der Waals surface area contributed by atoms with Crippen molar-refractivity contribution >= 4 is 27.7 Å². The van der Waals surface area contributed by atoms with E-state index in [0.717, 1.165) is 4.47 Å². The zero-order chi connectivity index (χ0) is 11.3. The minimum absolute atomic E-state index is 0.357. The molecule has 0 aliphatic rings. The van der Waals surface area contributed by atoms with Gasteiger partial charge in [0.1, 0.15) is 5.82 Å². The van der Waals surface area contributed by atoms with Crippen LogP contribution in [0.3, 0.4) is 0 Å². The Labute approximate surface area is 97.5 Å². The highest BCUT2D eigenvalue weighted by molar-refractivity contribution is 9.10. The summed E-state index contributed by atoms with van der Waals surface area (Å²) in [6.45, 7) is 2.41. The van der Waals surface area contributed by atoms with Crippen molar-refractivity contribution in [2.45, 2.75) is 19.4 Å². The van der Waals surface area contributed by atoms with E-state index in [1.54, 1.807) is 13.2 Å². The lowest BCUT2D eigenvalue weighted by atomic mass is 10.3. The molecule has 0 saturated carbocycles. The number of hydrogen-bond acceptors (Lipinski definition) is 5. The van der Waals surface area contributed by atoms with Gasteiger partial charge in [-0.15, -0.1) is 0 Å². The molecule has 0 spiro atoms. The van der Waals surface area contributed by atoms with Gasteiger partial charge in [0.05, 0.1) is 10.6 Å². The molecule has 84 valence electrons. The highest BCUT2D eigenvalue weighted by atomic mass is 79.9. The van der Waals surface area contributed by atoms with Gasteiger partial charge in [-0.05, 0) is 22.4 Å². The van der Waals surface area contributed by atoms with E-state index in [-0.39, 0.29) is 6.10 Å². The van der Waals surface area contributed by atoms with Gasteiger partial charge in [-0.25, -0.2) is 4.98 Å². The first-order valence-electron chi connectivity index (χ1n) is 4.79. The average molecular weight is 275 g/mol. The second-order valence-electron chi connectivity index (χ2n) is 3.08. The Balaban J connectivity index is 2.66. The van der Waals surface area contributed by atoms with E-state index in [1.165, 1.54) is 0 Å². The third-order valence-corrected chi connectivity index (χ3v) is 2.52. The second kappa shape index (κ2) is 5.87. The molecule has 1 unspecified atom stereocenters. The topological polar surface area (TPSA) is 70.1 Å². The molecular weight excluding hydrogens is 260 g/mol. The number of hydrogen-bond donors (Lipinski definition) is 3. The van der Waals surface area contributed by atoms with Crippen LogP contribution < -0.4 is 10.6 Å². The Bertz CT molecular complexity index is 321. The molecule has 0 fully saturated rings. The van der Waals surface area contributed by atoms with Gasteiger partial charge in [-0.2, -0.15) is 4.98 Å². The summed E-state index contributed by atoms with van der Waals surface area (Å²) in [5.41, 5.74) is 0. The van der Waals surface area contributed by atoms with Crippen molar-refractivity contribution in [3.8, 4) is 0 Å². The third kappa shape index (κ3) is 3.64. The Morgan fingerprint density at radius 2 is 2.33 bits per heavy atom. The number of nitrogens with one attached hydrogen (secondary N) is 2. The monoisotopic (exact) mass is 274 g/mol. The first-order valence-corrected chi connectivity index (χ1v) is 5.59. The van der Waals surface area contributed by atoms with E-state index in [1.807, 2.05) is 6.92 Å². The van der Waals surface area contributed by atoms with Crippen molar-refractivity contribution in [1.29, 1.82) is 0 Å². The molecular formula is C9H15BrN4O. The largest absolute Gasteiger partial charge is 0.391 e. The van der Waals surface area contributed by atoms with E-state index >= 15 is 0 Å². The van der Waals surface area contributed by atoms with Crippen LogP contribution in [0.4, 0.5) is 11.8 Å². The standard InChI is InChI=1S/C9H15BrN4O/c1-3-6(15)4-12-8-7(10)5-13-9(11-2)14-8/h5-6,15H,3-4H2,1-2H3,(H2,11,12,13,14). The lowest BCUT2D eigenvalue weighted by Crippen LogP contribution is -2.19. The number of halogens is 1. The summed E-state index contributed by atoms with van der Waals surface area (Å²) < 4.78 is 0.782. The molecule has 1 aromatic heterocycles. The Morgan fingerprint density at radius 1 is 1.60 bits per heavy atom. The zero-order valence-electron chi connectivity index (χ0n) is 8.79. The predicted octanol–water partition coefficient (Wildman–Crippen LogP) is 1.46. The van der Waals surface area contributed by atoms with Crippen LogP contribution in [0.1, 0.15) is 13.3 Å². The molecule has 1 heterocycles. The smallest absolute Gasteiger partial charge is 0.224 e. The number of rotatable bonds is 5. The SMILES string of the molecule is CCC(O)CNc1nc(NC)ncc1Br. The van der Waals surface area contributed by atoms with E-state index in [0.29, 0.717) is 24.7 Å². The molecule has 6 heteroatoms. The fourth-order valence-corrected chi connectivity index (χ4v) is 1.30. The molecule has 5 nitrogen and oxygen atoms in total. The van der Waals surface area contributed by atoms with Gasteiger partial charge in [-0.1, -0.05) is 6.92 Å². The van der Waals surface area contributed by atoms with Crippen LogP contribution >= 0.6 is 15.9 Å². The summed E-state index contributed by atoms with van der Waals surface area (Å²) in [5.74, 6) is 1.23. The number of aromatic nitrogens is 2. The molecule has 15 heavy (non-hydrogen) atoms. The second-order valence-corrected chi connectivity index (χ2v) is 3.94. The lowest BCUT2D eigenvalue weighted by Gasteiger charge is -2.11. The van der Waals surface area contributed by atoms with Crippen LogP contribution in [0.2, 0.25) is 0 Å². The quantitative estimate of drug-likeness (QED) is 0.759. The van der Waals surface area contributed by atoms with Gasteiger partial charge in [0.2, 0.25) is 5.95 Å². The van der Waals surface area contributed by atoms with E-state index in [9.17, 15) is 5.11 Å². The number of aliphatic hydroxyl groups is 1. The maximum Gasteiger partial charge on any atom is 0.224 e. The summed E-state index contributed by atoms with van der Waals surface area (Å²) in [6, 6.07) is 0. The van der Waals surface area contributed by atoms with Crippen LogP contribution in [0, 0.1) is 0 Å². The molecule has 1 rings (SSSR count). The fraction of sp³-hybridized carbons (Fsp3) is 0.556. The summed E-state index contributed by atoms with van der Waals surface area (Å²) in [6.07, 6.45) is 2.03. The maximum atomic E-state index is 9.40. The van der Waals surface area contributed by atoms with Crippen molar-refractivity contribution in [2.24, 2.45) is 0 Å². The van der Waals surface area contributed by atoms with E-state index in [4.69, 9.17) is 0 Å². The van der Waals surface area contributed by atoms with Gasteiger partial charge in [0, 0.05) is 19.8 Å². The molecule has 0 amide bonds. The van der Waals surface area contributed by atoms with E-state index < -0.39 is 0 Å². The molecule has 0 aliphatic carbocycles. The Kier molecular flexibility index (Phi) is 4.77. The van der Waals surface area contributed by atoms with Gasteiger partial charge in [0.25, 0.3) is 0 Å². The summed E-state index contributed by atoms with van der Waals surface area (Å²) in [5, 5.41) is 15.3. The molecule has 0 aliphatic heterocycles.